The molecule has 0 spiro atoms. The summed E-state index contributed by atoms with van der Waals surface area (Å²) in [6.07, 6.45) is 3.31. The number of aliphatic hydroxyl groups is 1. The van der Waals surface area contributed by atoms with Crippen molar-refractivity contribution in [1.82, 2.24) is 5.32 Å². The third kappa shape index (κ3) is 6.57. The van der Waals surface area contributed by atoms with Crippen LogP contribution in [0.5, 0.6) is 11.5 Å². The minimum absolute atomic E-state index is 0.101. The van der Waals surface area contributed by atoms with Crippen molar-refractivity contribution in [3.8, 4) is 23.3 Å². The van der Waals surface area contributed by atoms with Crippen molar-refractivity contribution >= 4 is 29.1 Å². The molecule has 0 aromatic heterocycles. The molecule has 176 valence electrons. The van der Waals surface area contributed by atoms with Crippen molar-refractivity contribution < 1.29 is 19.4 Å². The topological polar surface area (TPSA) is 67.8 Å². The first-order valence-electron chi connectivity index (χ1n) is 11.1. The molecule has 7 heteroatoms. The highest BCUT2D eigenvalue weighted by molar-refractivity contribution is 6.42. The van der Waals surface area contributed by atoms with E-state index in [2.05, 4.69) is 17.2 Å². The maximum atomic E-state index is 12.8. The van der Waals surface area contributed by atoms with Gasteiger partial charge in [-0.25, -0.2) is 0 Å². The highest BCUT2D eigenvalue weighted by Gasteiger charge is 2.30. The molecule has 1 fully saturated rings. The smallest absolute Gasteiger partial charge is 0.253 e. The van der Waals surface area contributed by atoms with Gasteiger partial charge in [0, 0.05) is 18.4 Å². The van der Waals surface area contributed by atoms with Crippen LogP contribution in [0.3, 0.4) is 0 Å². The number of methoxy groups -OCH3 is 1. The molecule has 33 heavy (non-hydrogen) atoms. The number of carbonyl (C=O) groups is 1. The molecule has 1 saturated carbocycles. The Balaban J connectivity index is 1.74. The normalized spacial score (nSPS) is 18.6. The van der Waals surface area contributed by atoms with E-state index in [9.17, 15) is 9.90 Å². The fourth-order valence-electron chi connectivity index (χ4n) is 4.12. The van der Waals surface area contributed by atoms with Crippen LogP contribution in [0.1, 0.15) is 62.2 Å². The number of rotatable bonds is 7. The van der Waals surface area contributed by atoms with Crippen LogP contribution in [0.15, 0.2) is 36.4 Å². The van der Waals surface area contributed by atoms with E-state index in [-0.39, 0.29) is 12.0 Å². The summed E-state index contributed by atoms with van der Waals surface area (Å²) in [5.41, 5.74) is 1.47. The summed E-state index contributed by atoms with van der Waals surface area (Å²) in [6.45, 7) is 2.30. The third-order valence-electron chi connectivity index (χ3n) is 5.82. The Morgan fingerprint density at radius 2 is 1.91 bits per heavy atom. The third-order valence-corrected chi connectivity index (χ3v) is 6.56. The van der Waals surface area contributed by atoms with Gasteiger partial charge in [0.25, 0.3) is 5.91 Å². The quantitative estimate of drug-likeness (QED) is 0.491. The van der Waals surface area contributed by atoms with Crippen LogP contribution in [0, 0.1) is 11.8 Å². The summed E-state index contributed by atoms with van der Waals surface area (Å²) in [5, 5.41) is 14.3. The van der Waals surface area contributed by atoms with E-state index in [4.69, 9.17) is 32.7 Å². The Kier molecular flexibility index (Phi) is 9.31. The van der Waals surface area contributed by atoms with Gasteiger partial charge in [0.15, 0.2) is 17.6 Å². The number of hydrogen-bond donors (Lipinski definition) is 2. The average molecular weight is 490 g/mol. The number of benzene rings is 2. The minimum atomic E-state index is -1.32. The highest BCUT2D eigenvalue weighted by atomic mass is 35.5. The van der Waals surface area contributed by atoms with Gasteiger partial charge in [-0.3, -0.25) is 4.79 Å². The van der Waals surface area contributed by atoms with E-state index < -0.39 is 12.0 Å². The van der Waals surface area contributed by atoms with Gasteiger partial charge >= 0.3 is 0 Å². The lowest BCUT2D eigenvalue weighted by atomic mass is 9.79. The van der Waals surface area contributed by atoms with E-state index in [1.54, 1.807) is 19.2 Å². The molecule has 2 N–H and O–H groups in total. The summed E-state index contributed by atoms with van der Waals surface area (Å²) < 4.78 is 11.3. The monoisotopic (exact) mass is 489 g/mol. The second-order valence-corrected chi connectivity index (χ2v) is 8.80. The Morgan fingerprint density at radius 1 is 1.12 bits per heavy atom. The first-order chi connectivity index (χ1) is 15.9. The first-order valence-corrected chi connectivity index (χ1v) is 11.9. The van der Waals surface area contributed by atoms with E-state index in [0.717, 1.165) is 37.7 Å². The van der Waals surface area contributed by atoms with E-state index >= 15 is 0 Å². The molecule has 3 atom stereocenters. The van der Waals surface area contributed by atoms with Gasteiger partial charge in [-0.1, -0.05) is 61.0 Å². The van der Waals surface area contributed by atoms with E-state index in [1.165, 1.54) is 6.07 Å². The second-order valence-electron chi connectivity index (χ2n) is 7.99. The summed E-state index contributed by atoms with van der Waals surface area (Å²) >= 11 is 12.0. The molecular formula is C26H29Cl2NO4. The zero-order chi connectivity index (χ0) is 23.8. The SMILES string of the molecule is CCC#CCOc1ccc([C@@H]2CCCC[C@H]2NC(=O)C(O)c2ccc(Cl)c(Cl)c2)cc1OC. The van der Waals surface area contributed by atoms with Crippen LogP contribution in [0.25, 0.3) is 0 Å². The van der Waals surface area contributed by atoms with Crippen molar-refractivity contribution in [2.45, 2.75) is 57.1 Å². The number of halogens is 2. The van der Waals surface area contributed by atoms with Crippen molar-refractivity contribution in [2.75, 3.05) is 13.7 Å². The first kappa shape index (κ1) is 25.2. The standard InChI is InChI=1S/C26H29Cl2NO4/c1-3-4-7-14-33-23-13-11-17(16-24(23)32-2)19-8-5-6-9-22(19)29-26(31)25(30)18-10-12-20(27)21(28)15-18/h10-13,15-16,19,22,25,30H,3,5-6,8-9,14H2,1-2H3,(H,29,31)/t19-,22+,25?/m0/s1. The van der Waals surface area contributed by atoms with Gasteiger partial charge in [-0.15, -0.1) is 5.92 Å². The van der Waals surface area contributed by atoms with Gasteiger partial charge in [-0.2, -0.15) is 0 Å². The van der Waals surface area contributed by atoms with Crippen molar-refractivity contribution in [3.63, 3.8) is 0 Å². The summed E-state index contributed by atoms with van der Waals surface area (Å²) in [5.74, 6) is 6.86. The molecule has 0 heterocycles. The maximum Gasteiger partial charge on any atom is 0.253 e. The molecule has 0 bridgehead atoms. The molecule has 0 saturated heterocycles. The van der Waals surface area contributed by atoms with Gasteiger partial charge in [0.2, 0.25) is 0 Å². The van der Waals surface area contributed by atoms with E-state index in [1.807, 2.05) is 25.1 Å². The zero-order valence-corrected chi connectivity index (χ0v) is 20.4. The zero-order valence-electron chi connectivity index (χ0n) is 18.9. The summed E-state index contributed by atoms with van der Waals surface area (Å²) in [4.78, 5) is 12.8. The second kappa shape index (κ2) is 12.2. The molecule has 5 nitrogen and oxygen atoms in total. The Hall–Kier alpha value is -2.39. The average Bonchev–Trinajstić information content (AvgIpc) is 2.83. The van der Waals surface area contributed by atoms with Gasteiger partial charge in [0.1, 0.15) is 6.61 Å². The molecule has 2 aromatic rings. The number of hydrogen-bond acceptors (Lipinski definition) is 4. The Morgan fingerprint density at radius 3 is 2.64 bits per heavy atom. The predicted molar refractivity (Wildman–Crippen MR) is 131 cm³/mol. The molecular weight excluding hydrogens is 461 g/mol. The number of amides is 1. The molecule has 1 aliphatic rings. The Bertz CT molecular complexity index is 1030. The number of nitrogens with one attached hydrogen (secondary N) is 1. The molecule has 1 unspecified atom stereocenters. The lowest BCUT2D eigenvalue weighted by Gasteiger charge is -2.33. The summed E-state index contributed by atoms with van der Waals surface area (Å²) in [6, 6.07) is 10.5. The maximum absolute atomic E-state index is 12.8. The predicted octanol–water partition coefficient (Wildman–Crippen LogP) is 5.67. The number of ether oxygens (including phenoxy) is 2. The van der Waals surface area contributed by atoms with Crippen LogP contribution in [0.2, 0.25) is 10.0 Å². The largest absolute Gasteiger partial charge is 0.493 e. The lowest BCUT2D eigenvalue weighted by Crippen LogP contribution is -2.43. The van der Waals surface area contributed by atoms with Crippen molar-refractivity contribution in [3.05, 3.63) is 57.6 Å². The minimum Gasteiger partial charge on any atom is -0.493 e. The number of carbonyl (C=O) groups excluding carboxylic acids is 1. The van der Waals surface area contributed by atoms with Crippen LogP contribution in [-0.2, 0) is 4.79 Å². The summed E-state index contributed by atoms with van der Waals surface area (Å²) in [7, 11) is 1.61. The van der Waals surface area contributed by atoms with Crippen LogP contribution >= 0.6 is 23.2 Å². The molecule has 1 amide bonds. The van der Waals surface area contributed by atoms with Crippen LogP contribution in [-0.4, -0.2) is 30.8 Å². The fourth-order valence-corrected chi connectivity index (χ4v) is 4.43. The molecule has 0 radical (unpaired) electrons. The van der Waals surface area contributed by atoms with Crippen molar-refractivity contribution in [2.24, 2.45) is 0 Å². The fraction of sp³-hybridized carbons (Fsp3) is 0.423. The van der Waals surface area contributed by atoms with Gasteiger partial charge in [0.05, 0.1) is 17.2 Å². The lowest BCUT2D eigenvalue weighted by molar-refractivity contribution is -0.130. The van der Waals surface area contributed by atoms with E-state index in [0.29, 0.717) is 33.7 Å². The number of aliphatic hydroxyl groups excluding tert-OH is 1. The molecule has 2 aromatic carbocycles. The van der Waals surface area contributed by atoms with Gasteiger partial charge in [-0.05, 0) is 48.2 Å². The molecule has 3 rings (SSSR count). The molecule has 1 aliphatic carbocycles. The van der Waals surface area contributed by atoms with Gasteiger partial charge < -0.3 is 19.9 Å². The molecule has 0 aliphatic heterocycles. The van der Waals surface area contributed by atoms with Crippen LogP contribution < -0.4 is 14.8 Å². The Labute approximate surface area is 205 Å². The van der Waals surface area contributed by atoms with Crippen molar-refractivity contribution in [1.29, 1.82) is 0 Å². The van der Waals surface area contributed by atoms with Crippen LogP contribution in [0.4, 0.5) is 0 Å². The highest BCUT2D eigenvalue weighted by Crippen LogP contribution is 2.38.